The molecule has 3 unspecified atom stereocenters. The van der Waals surface area contributed by atoms with Gasteiger partial charge in [-0.3, -0.25) is 4.79 Å². The highest BCUT2D eigenvalue weighted by atomic mass is 16.5. The van der Waals surface area contributed by atoms with Gasteiger partial charge in [-0.25, -0.2) is 0 Å². The smallest absolute Gasteiger partial charge is 0.239 e. The van der Waals surface area contributed by atoms with Crippen molar-refractivity contribution >= 4 is 5.91 Å². The summed E-state index contributed by atoms with van der Waals surface area (Å²) in [5.74, 6) is 0.272. The lowest BCUT2D eigenvalue weighted by atomic mass is 10.1. The Morgan fingerprint density at radius 3 is 2.59 bits per heavy atom. The van der Waals surface area contributed by atoms with Gasteiger partial charge in [-0.15, -0.1) is 0 Å². The molecule has 0 spiro atoms. The lowest BCUT2D eigenvalue weighted by Gasteiger charge is -2.37. The first-order chi connectivity index (χ1) is 8.16. The van der Waals surface area contributed by atoms with Crippen molar-refractivity contribution in [2.75, 3.05) is 19.6 Å². The third-order valence-electron chi connectivity index (χ3n) is 3.59. The number of hydrogen-bond acceptors (Lipinski definition) is 3. The lowest BCUT2D eigenvalue weighted by Crippen LogP contribution is -2.54. The molecule has 4 heteroatoms. The zero-order chi connectivity index (χ0) is 12.3. The highest BCUT2D eigenvalue weighted by molar-refractivity contribution is 5.82. The van der Waals surface area contributed by atoms with E-state index in [9.17, 15) is 4.79 Å². The highest BCUT2D eigenvalue weighted by Gasteiger charge is 2.30. The molecule has 2 aliphatic heterocycles. The van der Waals surface area contributed by atoms with Crippen molar-refractivity contribution in [3.8, 4) is 0 Å². The quantitative estimate of drug-likeness (QED) is 0.747. The number of nitrogens with one attached hydrogen (secondary N) is 1. The van der Waals surface area contributed by atoms with Gasteiger partial charge in [0.1, 0.15) is 0 Å². The van der Waals surface area contributed by atoms with E-state index in [1.807, 2.05) is 18.7 Å². The van der Waals surface area contributed by atoms with Crippen molar-refractivity contribution in [2.24, 2.45) is 0 Å². The number of morpholine rings is 1. The Labute approximate surface area is 104 Å². The van der Waals surface area contributed by atoms with E-state index in [-0.39, 0.29) is 24.2 Å². The molecule has 0 aromatic rings. The molecule has 2 heterocycles. The minimum atomic E-state index is 0.0370. The molecule has 98 valence electrons. The number of carbonyl (C=O) groups excluding carboxylic acids is 1. The summed E-state index contributed by atoms with van der Waals surface area (Å²) < 4.78 is 5.66. The van der Waals surface area contributed by atoms with Crippen molar-refractivity contribution in [3.63, 3.8) is 0 Å². The lowest BCUT2D eigenvalue weighted by molar-refractivity contribution is -0.145. The Morgan fingerprint density at radius 2 is 1.88 bits per heavy atom. The summed E-state index contributed by atoms with van der Waals surface area (Å²) in [6.45, 7) is 6.53. The maximum Gasteiger partial charge on any atom is 0.239 e. The Kier molecular flexibility index (Phi) is 4.40. The van der Waals surface area contributed by atoms with Crippen LogP contribution in [0.15, 0.2) is 0 Å². The number of carbonyl (C=O) groups is 1. The standard InChI is InChI=1S/C13H24N2O2/c1-10-8-15(9-11(2)17-10)13(16)12-6-4-3-5-7-14-12/h10-12,14H,3-9H2,1-2H3. The van der Waals surface area contributed by atoms with Gasteiger partial charge in [0.15, 0.2) is 0 Å². The molecule has 2 fully saturated rings. The average molecular weight is 240 g/mol. The fraction of sp³-hybridized carbons (Fsp3) is 0.923. The van der Waals surface area contributed by atoms with Gasteiger partial charge in [-0.2, -0.15) is 0 Å². The molecule has 2 aliphatic rings. The maximum absolute atomic E-state index is 12.4. The predicted octanol–water partition coefficient (Wildman–Crippen LogP) is 1.15. The van der Waals surface area contributed by atoms with Crippen LogP contribution in [0.1, 0.15) is 39.5 Å². The van der Waals surface area contributed by atoms with E-state index >= 15 is 0 Å². The van der Waals surface area contributed by atoms with Gasteiger partial charge in [-0.1, -0.05) is 12.8 Å². The van der Waals surface area contributed by atoms with Gasteiger partial charge in [0.05, 0.1) is 18.2 Å². The zero-order valence-electron chi connectivity index (χ0n) is 10.9. The molecule has 0 saturated carbocycles. The molecule has 0 bridgehead atoms. The van der Waals surface area contributed by atoms with Gasteiger partial charge >= 0.3 is 0 Å². The topological polar surface area (TPSA) is 41.6 Å². The van der Waals surface area contributed by atoms with Crippen LogP contribution in [-0.4, -0.2) is 48.7 Å². The normalized spacial score (nSPS) is 35.4. The molecule has 1 N–H and O–H groups in total. The summed E-state index contributed by atoms with van der Waals surface area (Å²) >= 11 is 0. The van der Waals surface area contributed by atoms with Crippen LogP contribution >= 0.6 is 0 Å². The largest absolute Gasteiger partial charge is 0.372 e. The van der Waals surface area contributed by atoms with E-state index in [1.54, 1.807) is 0 Å². The Bertz CT molecular complexity index is 252. The van der Waals surface area contributed by atoms with E-state index in [0.717, 1.165) is 26.1 Å². The van der Waals surface area contributed by atoms with Crippen LogP contribution in [0.5, 0.6) is 0 Å². The fourth-order valence-corrected chi connectivity index (χ4v) is 2.82. The molecule has 2 rings (SSSR count). The molecular weight excluding hydrogens is 216 g/mol. The molecule has 4 nitrogen and oxygen atoms in total. The second kappa shape index (κ2) is 5.83. The van der Waals surface area contributed by atoms with Crippen molar-refractivity contribution in [1.29, 1.82) is 0 Å². The first-order valence-corrected chi connectivity index (χ1v) is 6.84. The van der Waals surface area contributed by atoms with Crippen LogP contribution in [-0.2, 0) is 9.53 Å². The van der Waals surface area contributed by atoms with Crippen molar-refractivity contribution < 1.29 is 9.53 Å². The van der Waals surface area contributed by atoms with E-state index in [2.05, 4.69) is 5.32 Å². The summed E-state index contributed by atoms with van der Waals surface area (Å²) in [6.07, 6.45) is 4.91. The number of nitrogens with zero attached hydrogens (tertiary/aromatic N) is 1. The van der Waals surface area contributed by atoms with Crippen LogP contribution < -0.4 is 5.32 Å². The van der Waals surface area contributed by atoms with Gasteiger partial charge in [0.2, 0.25) is 5.91 Å². The van der Waals surface area contributed by atoms with Gasteiger partial charge in [0.25, 0.3) is 0 Å². The van der Waals surface area contributed by atoms with Crippen LogP contribution in [0.2, 0.25) is 0 Å². The summed E-state index contributed by atoms with van der Waals surface area (Å²) in [7, 11) is 0. The minimum Gasteiger partial charge on any atom is -0.372 e. The summed E-state index contributed by atoms with van der Waals surface area (Å²) in [6, 6.07) is 0.0370. The fourth-order valence-electron chi connectivity index (χ4n) is 2.82. The number of ether oxygens (including phenoxy) is 1. The zero-order valence-corrected chi connectivity index (χ0v) is 10.9. The summed E-state index contributed by atoms with van der Waals surface area (Å²) in [5.41, 5.74) is 0. The van der Waals surface area contributed by atoms with Crippen molar-refractivity contribution in [2.45, 2.75) is 57.8 Å². The second-order valence-electron chi connectivity index (χ2n) is 5.36. The van der Waals surface area contributed by atoms with Crippen LogP contribution in [0, 0.1) is 0 Å². The van der Waals surface area contributed by atoms with E-state index in [1.165, 1.54) is 19.3 Å². The van der Waals surface area contributed by atoms with Crippen LogP contribution in [0.3, 0.4) is 0 Å². The minimum absolute atomic E-state index is 0.0370. The van der Waals surface area contributed by atoms with Crippen molar-refractivity contribution in [3.05, 3.63) is 0 Å². The first-order valence-electron chi connectivity index (χ1n) is 6.84. The first kappa shape index (κ1) is 12.8. The van der Waals surface area contributed by atoms with Crippen LogP contribution in [0.25, 0.3) is 0 Å². The predicted molar refractivity (Wildman–Crippen MR) is 66.8 cm³/mol. The molecule has 0 aromatic carbocycles. The Hall–Kier alpha value is -0.610. The average Bonchev–Trinajstić information content (AvgIpc) is 2.55. The van der Waals surface area contributed by atoms with Crippen LogP contribution in [0.4, 0.5) is 0 Å². The number of hydrogen-bond donors (Lipinski definition) is 1. The molecule has 3 atom stereocenters. The highest BCUT2D eigenvalue weighted by Crippen LogP contribution is 2.15. The number of rotatable bonds is 1. The molecule has 17 heavy (non-hydrogen) atoms. The molecule has 2 saturated heterocycles. The van der Waals surface area contributed by atoms with E-state index in [4.69, 9.17) is 4.74 Å². The van der Waals surface area contributed by atoms with Gasteiger partial charge in [-0.05, 0) is 33.2 Å². The maximum atomic E-state index is 12.4. The third kappa shape index (κ3) is 3.42. The molecule has 0 radical (unpaired) electrons. The third-order valence-corrected chi connectivity index (χ3v) is 3.59. The van der Waals surface area contributed by atoms with E-state index < -0.39 is 0 Å². The van der Waals surface area contributed by atoms with Crippen molar-refractivity contribution in [1.82, 2.24) is 10.2 Å². The summed E-state index contributed by atoms with van der Waals surface area (Å²) in [5, 5.41) is 3.38. The second-order valence-corrected chi connectivity index (χ2v) is 5.36. The number of amides is 1. The van der Waals surface area contributed by atoms with Gasteiger partial charge < -0.3 is 15.0 Å². The van der Waals surface area contributed by atoms with Gasteiger partial charge in [0, 0.05) is 13.1 Å². The SMILES string of the molecule is CC1CN(C(=O)C2CCCCCN2)CC(C)O1. The molecule has 1 amide bonds. The Morgan fingerprint density at radius 1 is 1.18 bits per heavy atom. The Balaban J connectivity index is 1.93. The van der Waals surface area contributed by atoms with E-state index in [0.29, 0.717) is 0 Å². The summed E-state index contributed by atoms with van der Waals surface area (Å²) in [4.78, 5) is 14.4. The monoisotopic (exact) mass is 240 g/mol. The molecule has 0 aliphatic carbocycles. The molecule has 0 aromatic heterocycles. The molecular formula is C13H24N2O2.